The number of aliphatic hydroxyl groups excluding tert-OH is 1. The molecule has 2 aliphatic heterocycles. The maximum Gasteiger partial charge on any atom is 0.228 e. The van der Waals surface area contributed by atoms with E-state index < -0.39 is 0 Å². The number of aliphatic hydroxyl groups is 1. The Hall–Kier alpha value is -1.73. The molecule has 3 fully saturated rings. The van der Waals surface area contributed by atoms with E-state index in [-0.39, 0.29) is 24.0 Å². The molecular formula is C22H26ClN3O3. The maximum absolute atomic E-state index is 12.0. The van der Waals surface area contributed by atoms with Crippen LogP contribution < -0.4 is 5.32 Å². The number of nitrogens with one attached hydrogen (secondary N) is 1. The molecular weight excluding hydrogens is 390 g/mol. The van der Waals surface area contributed by atoms with Crippen molar-refractivity contribution >= 4 is 34.1 Å². The minimum absolute atomic E-state index is 0.0662. The Kier molecular flexibility index (Phi) is 5.20. The fourth-order valence-corrected chi connectivity index (χ4v) is 4.89. The summed E-state index contributed by atoms with van der Waals surface area (Å²) in [5.74, 6) is 1.21. The zero-order chi connectivity index (χ0) is 20.0. The van der Waals surface area contributed by atoms with Gasteiger partial charge in [0.05, 0.1) is 25.4 Å². The van der Waals surface area contributed by atoms with Crippen LogP contribution >= 0.6 is 11.6 Å². The van der Waals surface area contributed by atoms with E-state index in [0.29, 0.717) is 24.9 Å². The molecule has 154 valence electrons. The molecule has 1 aliphatic carbocycles. The first-order valence-electron chi connectivity index (χ1n) is 10.5. The van der Waals surface area contributed by atoms with E-state index in [1.54, 1.807) is 6.20 Å². The van der Waals surface area contributed by atoms with Gasteiger partial charge in [0.1, 0.15) is 5.82 Å². The van der Waals surface area contributed by atoms with Gasteiger partial charge in [0.25, 0.3) is 0 Å². The first-order valence-corrected chi connectivity index (χ1v) is 10.9. The standard InChI is InChI=1S/C22H26ClN3O3/c23-18-8-16-10-24-21(25-22(28)14-1-2-14)9-15(16)7-17(18)13-3-5-26(6-4-13)19-11-29-12-20(19)27/h7-10,13-14,19-20,27H,1-6,11-12H2,(H,24,25,28)/t19-,20+/m1/s1. The first-order chi connectivity index (χ1) is 14.1. The SMILES string of the molecule is O=C(Nc1cc2cc(C3CCN([C@@H]4COC[C@@H]4O)CC3)c(Cl)cc2cn1)C1CC1. The molecule has 3 heterocycles. The van der Waals surface area contributed by atoms with Crippen molar-refractivity contribution in [3.05, 3.63) is 35.0 Å². The summed E-state index contributed by atoms with van der Waals surface area (Å²) in [5, 5.41) is 15.8. The van der Waals surface area contributed by atoms with E-state index >= 15 is 0 Å². The van der Waals surface area contributed by atoms with Gasteiger partial charge in [-0.05, 0) is 73.8 Å². The molecule has 29 heavy (non-hydrogen) atoms. The number of fused-ring (bicyclic) bond motifs is 1. The van der Waals surface area contributed by atoms with Crippen molar-refractivity contribution < 1.29 is 14.6 Å². The number of anilines is 1. The van der Waals surface area contributed by atoms with E-state index in [2.05, 4.69) is 21.3 Å². The Balaban J connectivity index is 1.32. The van der Waals surface area contributed by atoms with Gasteiger partial charge in [0.15, 0.2) is 0 Å². The molecule has 2 saturated heterocycles. The van der Waals surface area contributed by atoms with E-state index in [1.165, 1.54) is 0 Å². The lowest BCUT2D eigenvalue weighted by molar-refractivity contribution is -0.117. The van der Waals surface area contributed by atoms with E-state index in [4.69, 9.17) is 16.3 Å². The highest BCUT2D eigenvalue weighted by Crippen LogP contribution is 2.37. The van der Waals surface area contributed by atoms with Crippen molar-refractivity contribution in [2.75, 3.05) is 31.6 Å². The van der Waals surface area contributed by atoms with Gasteiger partial charge in [-0.2, -0.15) is 0 Å². The molecule has 0 radical (unpaired) electrons. The number of likely N-dealkylation sites (tertiary alicyclic amines) is 1. The second-order valence-corrected chi connectivity index (χ2v) is 8.94. The molecule has 1 amide bonds. The van der Waals surface area contributed by atoms with E-state index in [0.717, 1.165) is 60.1 Å². The minimum Gasteiger partial charge on any atom is -0.389 e. The molecule has 2 atom stereocenters. The predicted molar refractivity (Wildman–Crippen MR) is 112 cm³/mol. The van der Waals surface area contributed by atoms with Crippen LogP contribution in [0, 0.1) is 5.92 Å². The molecule has 2 aromatic rings. The van der Waals surface area contributed by atoms with E-state index in [1.807, 2.05) is 12.1 Å². The van der Waals surface area contributed by atoms with Crippen LogP contribution in [0.1, 0.15) is 37.2 Å². The summed E-state index contributed by atoms with van der Waals surface area (Å²) in [6.07, 6.45) is 5.35. The zero-order valence-electron chi connectivity index (χ0n) is 16.3. The molecule has 0 spiro atoms. The summed E-state index contributed by atoms with van der Waals surface area (Å²) in [6, 6.07) is 6.19. The van der Waals surface area contributed by atoms with Gasteiger partial charge >= 0.3 is 0 Å². The van der Waals surface area contributed by atoms with Gasteiger partial charge < -0.3 is 15.2 Å². The second kappa shape index (κ2) is 7.84. The molecule has 1 aromatic heterocycles. The lowest BCUT2D eigenvalue weighted by atomic mass is 9.87. The lowest BCUT2D eigenvalue weighted by Crippen LogP contribution is -2.46. The molecule has 7 heteroatoms. The predicted octanol–water partition coefficient (Wildman–Crippen LogP) is 3.18. The Morgan fingerprint density at radius 2 is 1.93 bits per heavy atom. The third kappa shape index (κ3) is 3.99. The number of carbonyl (C=O) groups excluding carboxylic acids is 1. The number of piperidine rings is 1. The largest absolute Gasteiger partial charge is 0.389 e. The van der Waals surface area contributed by atoms with Crippen LogP contribution in [0.5, 0.6) is 0 Å². The van der Waals surface area contributed by atoms with Crippen molar-refractivity contribution in [3.8, 4) is 0 Å². The van der Waals surface area contributed by atoms with Gasteiger partial charge in [0.2, 0.25) is 5.91 Å². The summed E-state index contributed by atoms with van der Waals surface area (Å²) < 4.78 is 5.41. The van der Waals surface area contributed by atoms with Crippen LogP contribution in [-0.4, -0.2) is 59.3 Å². The first kappa shape index (κ1) is 19.2. The van der Waals surface area contributed by atoms with Crippen molar-refractivity contribution in [1.29, 1.82) is 0 Å². The maximum atomic E-state index is 12.0. The minimum atomic E-state index is -0.382. The third-order valence-corrected chi connectivity index (χ3v) is 6.82. The highest BCUT2D eigenvalue weighted by atomic mass is 35.5. The van der Waals surface area contributed by atoms with Crippen molar-refractivity contribution in [2.24, 2.45) is 5.92 Å². The molecule has 1 saturated carbocycles. The summed E-state index contributed by atoms with van der Waals surface area (Å²) in [5.41, 5.74) is 1.16. The number of halogens is 1. The molecule has 6 nitrogen and oxygen atoms in total. The fourth-order valence-electron chi connectivity index (χ4n) is 4.56. The Labute approximate surface area is 175 Å². The number of amides is 1. The average Bonchev–Trinajstić information content (AvgIpc) is 3.49. The Bertz CT molecular complexity index is 925. The number of nitrogens with zero attached hydrogens (tertiary/aromatic N) is 2. The van der Waals surface area contributed by atoms with Gasteiger partial charge in [0, 0.05) is 22.5 Å². The molecule has 5 rings (SSSR count). The normalized spacial score (nSPS) is 26.1. The molecule has 0 unspecified atom stereocenters. The molecule has 0 bridgehead atoms. The van der Waals surface area contributed by atoms with Crippen LogP contribution in [0.3, 0.4) is 0 Å². The smallest absolute Gasteiger partial charge is 0.228 e. The number of carbonyl (C=O) groups is 1. The number of benzene rings is 1. The van der Waals surface area contributed by atoms with E-state index in [9.17, 15) is 9.90 Å². The summed E-state index contributed by atoms with van der Waals surface area (Å²) in [6.45, 7) is 2.92. The summed E-state index contributed by atoms with van der Waals surface area (Å²) in [4.78, 5) is 18.8. The topological polar surface area (TPSA) is 74.7 Å². The van der Waals surface area contributed by atoms with Crippen LogP contribution in [0.25, 0.3) is 10.8 Å². The van der Waals surface area contributed by atoms with Crippen molar-refractivity contribution in [3.63, 3.8) is 0 Å². The van der Waals surface area contributed by atoms with Crippen molar-refractivity contribution in [2.45, 2.75) is 43.7 Å². The van der Waals surface area contributed by atoms with Crippen LogP contribution in [0.2, 0.25) is 5.02 Å². The molecule has 1 aromatic carbocycles. The van der Waals surface area contributed by atoms with Gasteiger partial charge in [-0.25, -0.2) is 4.98 Å². The highest BCUT2D eigenvalue weighted by Gasteiger charge is 2.34. The molecule has 3 aliphatic rings. The van der Waals surface area contributed by atoms with Crippen molar-refractivity contribution in [1.82, 2.24) is 9.88 Å². The van der Waals surface area contributed by atoms with Gasteiger partial charge in [-0.3, -0.25) is 9.69 Å². The van der Waals surface area contributed by atoms with Gasteiger partial charge in [-0.1, -0.05) is 11.6 Å². The van der Waals surface area contributed by atoms with Crippen LogP contribution in [-0.2, 0) is 9.53 Å². The van der Waals surface area contributed by atoms with Crippen LogP contribution in [0.4, 0.5) is 5.82 Å². The Morgan fingerprint density at radius 1 is 1.14 bits per heavy atom. The van der Waals surface area contributed by atoms with Gasteiger partial charge in [-0.15, -0.1) is 0 Å². The summed E-state index contributed by atoms with van der Waals surface area (Å²) >= 11 is 6.63. The van der Waals surface area contributed by atoms with Crippen LogP contribution in [0.15, 0.2) is 24.4 Å². The monoisotopic (exact) mass is 415 g/mol. The number of pyridine rings is 1. The number of hydrogen-bond acceptors (Lipinski definition) is 5. The number of aromatic nitrogens is 1. The fraction of sp³-hybridized carbons (Fsp3) is 0.545. The number of ether oxygens (including phenoxy) is 1. The number of rotatable bonds is 4. The lowest BCUT2D eigenvalue weighted by Gasteiger charge is -2.36. The highest BCUT2D eigenvalue weighted by molar-refractivity contribution is 6.32. The quantitative estimate of drug-likeness (QED) is 0.802. The number of hydrogen-bond donors (Lipinski definition) is 2. The second-order valence-electron chi connectivity index (χ2n) is 8.54. The summed E-state index contributed by atoms with van der Waals surface area (Å²) in [7, 11) is 0. The Morgan fingerprint density at radius 3 is 2.62 bits per heavy atom. The molecule has 2 N–H and O–H groups in total. The third-order valence-electron chi connectivity index (χ3n) is 6.50. The average molecular weight is 416 g/mol. The zero-order valence-corrected chi connectivity index (χ0v) is 17.1.